The minimum atomic E-state index is -0.783. The van der Waals surface area contributed by atoms with Crippen LogP contribution in [-0.2, 0) is 14.3 Å². The first-order valence-corrected chi connectivity index (χ1v) is 8.44. The highest BCUT2D eigenvalue weighted by atomic mass is 32.2. The van der Waals surface area contributed by atoms with Crippen molar-refractivity contribution in [3.8, 4) is 0 Å². The van der Waals surface area contributed by atoms with Gasteiger partial charge in [-0.1, -0.05) is 12.1 Å². The van der Waals surface area contributed by atoms with Crippen LogP contribution >= 0.6 is 11.8 Å². The molecule has 2 rings (SSSR count). The molecule has 0 radical (unpaired) electrons. The first-order valence-electron chi connectivity index (χ1n) is 7.22. The van der Waals surface area contributed by atoms with Crippen molar-refractivity contribution in [1.82, 2.24) is 0 Å². The molecule has 0 aliphatic carbocycles. The predicted octanol–water partition coefficient (Wildman–Crippen LogP) is 3.88. The Morgan fingerprint density at radius 3 is 2.56 bits per heavy atom. The Bertz CT molecular complexity index is 791. The second kappa shape index (κ2) is 8.98. The van der Waals surface area contributed by atoms with Crippen molar-refractivity contribution in [3.05, 3.63) is 65.7 Å². The Morgan fingerprint density at radius 2 is 1.88 bits per heavy atom. The van der Waals surface area contributed by atoms with Gasteiger partial charge in [-0.15, -0.1) is 11.8 Å². The van der Waals surface area contributed by atoms with Crippen molar-refractivity contribution in [2.24, 2.45) is 0 Å². The minimum Gasteiger partial charge on any atom is -0.452 e. The first-order chi connectivity index (χ1) is 12.0. The topological polar surface area (TPSA) is 55.4 Å². The van der Waals surface area contributed by atoms with E-state index >= 15 is 0 Å². The zero-order valence-corrected chi connectivity index (χ0v) is 14.1. The molecular weight excluding hydrogens is 348 g/mol. The molecule has 130 valence electrons. The molecule has 0 spiro atoms. The number of anilines is 1. The number of rotatable bonds is 6. The van der Waals surface area contributed by atoms with Crippen LogP contribution in [0.1, 0.15) is 5.56 Å². The third-order valence-electron chi connectivity index (χ3n) is 3.08. The highest BCUT2D eigenvalue weighted by Crippen LogP contribution is 2.16. The molecule has 0 atom stereocenters. The molecule has 0 unspecified atom stereocenters. The molecule has 0 heterocycles. The normalized spacial score (nSPS) is 10.7. The van der Waals surface area contributed by atoms with Crippen molar-refractivity contribution < 1.29 is 23.1 Å². The van der Waals surface area contributed by atoms with Gasteiger partial charge in [-0.25, -0.2) is 13.6 Å². The van der Waals surface area contributed by atoms with Crippen molar-refractivity contribution in [1.29, 1.82) is 0 Å². The molecule has 0 saturated carbocycles. The molecule has 25 heavy (non-hydrogen) atoms. The van der Waals surface area contributed by atoms with E-state index in [2.05, 4.69) is 5.32 Å². The van der Waals surface area contributed by atoms with E-state index in [1.54, 1.807) is 17.8 Å². The van der Waals surface area contributed by atoms with Crippen LogP contribution in [0.2, 0.25) is 0 Å². The van der Waals surface area contributed by atoms with Crippen LogP contribution in [0.3, 0.4) is 0 Å². The molecule has 0 saturated heterocycles. The summed E-state index contributed by atoms with van der Waals surface area (Å²) in [6.45, 7) is -0.607. The van der Waals surface area contributed by atoms with Gasteiger partial charge in [0.2, 0.25) is 0 Å². The van der Waals surface area contributed by atoms with Crippen LogP contribution < -0.4 is 5.32 Å². The molecule has 0 aliphatic rings. The summed E-state index contributed by atoms with van der Waals surface area (Å²) < 4.78 is 31.2. The van der Waals surface area contributed by atoms with Crippen LogP contribution in [0, 0.1) is 11.6 Å². The summed E-state index contributed by atoms with van der Waals surface area (Å²) in [5.74, 6) is -2.96. The molecule has 7 heteroatoms. The van der Waals surface area contributed by atoms with Gasteiger partial charge in [0, 0.05) is 17.0 Å². The number of esters is 1. The number of amides is 1. The summed E-state index contributed by atoms with van der Waals surface area (Å²) >= 11 is 1.61. The Hall–Kier alpha value is -2.67. The van der Waals surface area contributed by atoms with Gasteiger partial charge < -0.3 is 10.1 Å². The van der Waals surface area contributed by atoms with Gasteiger partial charge in [-0.2, -0.15) is 0 Å². The smallest absolute Gasteiger partial charge is 0.331 e. The van der Waals surface area contributed by atoms with Crippen molar-refractivity contribution >= 4 is 35.4 Å². The maximum Gasteiger partial charge on any atom is 0.331 e. The van der Waals surface area contributed by atoms with E-state index in [-0.39, 0.29) is 5.69 Å². The summed E-state index contributed by atoms with van der Waals surface area (Å²) in [5.41, 5.74) is 0.492. The second-order valence-electron chi connectivity index (χ2n) is 4.89. The zero-order chi connectivity index (χ0) is 18.2. The van der Waals surface area contributed by atoms with Gasteiger partial charge in [-0.05, 0) is 42.2 Å². The van der Waals surface area contributed by atoms with E-state index in [9.17, 15) is 18.4 Å². The summed E-state index contributed by atoms with van der Waals surface area (Å²) in [5, 5.41) is 2.14. The van der Waals surface area contributed by atoms with Crippen LogP contribution in [0.4, 0.5) is 14.5 Å². The van der Waals surface area contributed by atoms with Crippen LogP contribution in [0.25, 0.3) is 6.08 Å². The molecular formula is C18H15F2NO3S. The Balaban J connectivity index is 1.83. The summed E-state index contributed by atoms with van der Waals surface area (Å²) in [6.07, 6.45) is 4.70. The third kappa shape index (κ3) is 6.04. The summed E-state index contributed by atoms with van der Waals surface area (Å²) in [7, 11) is 0. The number of benzene rings is 2. The minimum absolute atomic E-state index is 0.314. The van der Waals surface area contributed by atoms with Crippen molar-refractivity contribution in [2.75, 3.05) is 18.2 Å². The largest absolute Gasteiger partial charge is 0.452 e. The molecule has 1 N–H and O–H groups in total. The highest BCUT2D eigenvalue weighted by Gasteiger charge is 2.10. The average molecular weight is 363 g/mol. The van der Waals surface area contributed by atoms with Gasteiger partial charge in [0.25, 0.3) is 5.91 Å². The average Bonchev–Trinajstić information content (AvgIpc) is 2.61. The number of nitrogens with one attached hydrogen (secondary N) is 1. The van der Waals surface area contributed by atoms with Gasteiger partial charge in [-0.3, -0.25) is 4.79 Å². The molecule has 4 nitrogen and oxygen atoms in total. The maximum absolute atomic E-state index is 13.4. The molecule has 2 aromatic carbocycles. The number of carbonyl (C=O) groups excluding carboxylic acids is 2. The lowest BCUT2D eigenvalue weighted by Gasteiger charge is -2.06. The quantitative estimate of drug-likeness (QED) is 0.481. The number of hydrogen-bond donors (Lipinski definition) is 1. The highest BCUT2D eigenvalue weighted by molar-refractivity contribution is 7.98. The molecule has 0 aliphatic heterocycles. The van der Waals surface area contributed by atoms with E-state index in [1.807, 2.05) is 30.5 Å². The van der Waals surface area contributed by atoms with Crippen molar-refractivity contribution in [3.63, 3.8) is 0 Å². The van der Waals surface area contributed by atoms with Gasteiger partial charge in [0.15, 0.2) is 6.61 Å². The van der Waals surface area contributed by atoms with Gasteiger partial charge in [0.05, 0.1) is 5.69 Å². The standard InChI is InChI=1S/C18H15F2NO3S/c1-25-14-6-2-12(3-7-14)4-9-18(23)24-11-17(22)21-16-10-13(19)5-8-15(16)20/h2-10H,11H2,1H3,(H,21,22)/b9-4+. The molecule has 0 aromatic heterocycles. The van der Waals surface area contributed by atoms with Gasteiger partial charge >= 0.3 is 5.97 Å². The van der Waals surface area contributed by atoms with Crippen LogP contribution in [-0.4, -0.2) is 24.7 Å². The van der Waals surface area contributed by atoms with Crippen molar-refractivity contribution in [2.45, 2.75) is 4.90 Å². The monoisotopic (exact) mass is 363 g/mol. The number of ether oxygens (including phenoxy) is 1. The Labute approximate surface area is 147 Å². The SMILES string of the molecule is CSc1ccc(/C=C/C(=O)OCC(=O)Nc2cc(F)ccc2F)cc1. The summed E-state index contributed by atoms with van der Waals surface area (Å²) in [4.78, 5) is 24.3. The van der Waals surface area contributed by atoms with E-state index in [0.29, 0.717) is 0 Å². The van der Waals surface area contributed by atoms with Gasteiger partial charge in [0.1, 0.15) is 11.6 Å². The fraction of sp³-hybridized carbons (Fsp3) is 0.111. The van der Waals surface area contributed by atoms with Crippen LogP contribution in [0.15, 0.2) is 53.4 Å². The fourth-order valence-corrected chi connectivity index (χ4v) is 2.25. The number of carbonyl (C=O) groups is 2. The first kappa shape index (κ1) is 18.7. The third-order valence-corrected chi connectivity index (χ3v) is 3.82. The Morgan fingerprint density at radius 1 is 1.16 bits per heavy atom. The van der Waals surface area contributed by atoms with E-state index in [4.69, 9.17) is 4.74 Å². The second-order valence-corrected chi connectivity index (χ2v) is 5.77. The lowest BCUT2D eigenvalue weighted by molar-refractivity contribution is -0.142. The molecule has 2 aromatic rings. The number of hydrogen-bond acceptors (Lipinski definition) is 4. The number of halogens is 2. The molecule has 1 amide bonds. The Kier molecular flexibility index (Phi) is 6.71. The zero-order valence-electron chi connectivity index (χ0n) is 13.3. The number of thioether (sulfide) groups is 1. The van der Waals surface area contributed by atoms with E-state index in [0.717, 1.165) is 28.7 Å². The predicted molar refractivity (Wildman–Crippen MR) is 93.2 cm³/mol. The van der Waals surface area contributed by atoms with Crippen LogP contribution in [0.5, 0.6) is 0 Å². The van der Waals surface area contributed by atoms with E-state index in [1.165, 1.54) is 6.08 Å². The lowest BCUT2D eigenvalue weighted by atomic mass is 10.2. The molecule has 0 fully saturated rings. The maximum atomic E-state index is 13.4. The fourth-order valence-electron chi connectivity index (χ4n) is 1.84. The summed E-state index contributed by atoms with van der Waals surface area (Å²) in [6, 6.07) is 10.2. The molecule has 0 bridgehead atoms. The lowest BCUT2D eigenvalue weighted by Crippen LogP contribution is -2.20. The van der Waals surface area contributed by atoms with E-state index < -0.39 is 30.1 Å².